The zero-order chi connectivity index (χ0) is 18.2. The highest BCUT2D eigenvalue weighted by molar-refractivity contribution is 6.02. The first-order valence-corrected chi connectivity index (χ1v) is 8.97. The molecule has 27 heavy (non-hydrogen) atoms. The Balaban J connectivity index is 1.87. The van der Waals surface area contributed by atoms with Crippen molar-refractivity contribution >= 4 is 21.7 Å². The van der Waals surface area contributed by atoms with E-state index < -0.39 is 0 Å². The highest BCUT2D eigenvalue weighted by atomic mass is 16.3. The molecule has 2 nitrogen and oxygen atoms in total. The van der Waals surface area contributed by atoms with Crippen LogP contribution < -0.4 is 0 Å². The van der Waals surface area contributed by atoms with Gasteiger partial charge in [0.1, 0.15) is 11.3 Å². The maximum atomic E-state index is 10.5. The van der Waals surface area contributed by atoms with Crippen molar-refractivity contribution in [2.75, 3.05) is 0 Å². The topological polar surface area (TPSA) is 33.1 Å². The van der Waals surface area contributed by atoms with Crippen LogP contribution >= 0.6 is 0 Å². The maximum Gasteiger partial charge on any atom is 0.141 e. The summed E-state index contributed by atoms with van der Waals surface area (Å²) in [6.45, 7) is 0. The van der Waals surface area contributed by atoms with Gasteiger partial charge in [0.25, 0.3) is 0 Å². The SMILES string of the molecule is Oc1cccc2c(-c3ccccc3)cc(-c3cccc4ccccc34)nc12. The molecule has 0 aliphatic rings. The summed E-state index contributed by atoms with van der Waals surface area (Å²) in [7, 11) is 0. The third-order valence-electron chi connectivity index (χ3n) is 4.97. The second-order valence-electron chi connectivity index (χ2n) is 6.62. The number of rotatable bonds is 2. The molecule has 0 aliphatic carbocycles. The van der Waals surface area contributed by atoms with Crippen molar-refractivity contribution in [1.29, 1.82) is 0 Å². The minimum absolute atomic E-state index is 0.201. The maximum absolute atomic E-state index is 10.5. The molecule has 128 valence electrons. The fraction of sp³-hybridized carbons (Fsp3) is 0. The van der Waals surface area contributed by atoms with E-state index in [4.69, 9.17) is 4.98 Å². The van der Waals surface area contributed by atoms with Gasteiger partial charge in [0.2, 0.25) is 0 Å². The molecule has 0 amide bonds. The number of phenols is 1. The van der Waals surface area contributed by atoms with E-state index in [9.17, 15) is 5.11 Å². The van der Waals surface area contributed by atoms with Crippen LogP contribution in [-0.2, 0) is 0 Å². The summed E-state index contributed by atoms with van der Waals surface area (Å²) in [5, 5.41) is 13.7. The summed E-state index contributed by atoms with van der Waals surface area (Å²) in [5.41, 5.74) is 4.73. The van der Waals surface area contributed by atoms with Crippen LogP contribution in [0.5, 0.6) is 5.75 Å². The van der Waals surface area contributed by atoms with E-state index in [0.29, 0.717) is 5.52 Å². The molecule has 1 N–H and O–H groups in total. The Morgan fingerprint density at radius 1 is 0.593 bits per heavy atom. The number of pyridine rings is 1. The van der Waals surface area contributed by atoms with Gasteiger partial charge in [-0.2, -0.15) is 0 Å². The van der Waals surface area contributed by atoms with Crippen LogP contribution in [0.2, 0.25) is 0 Å². The fourth-order valence-electron chi connectivity index (χ4n) is 3.68. The summed E-state index contributed by atoms with van der Waals surface area (Å²) < 4.78 is 0. The van der Waals surface area contributed by atoms with Gasteiger partial charge in [0.15, 0.2) is 0 Å². The number of aromatic hydroxyl groups is 1. The van der Waals surface area contributed by atoms with Gasteiger partial charge >= 0.3 is 0 Å². The minimum atomic E-state index is 0.201. The summed E-state index contributed by atoms with van der Waals surface area (Å²) >= 11 is 0. The number of para-hydroxylation sites is 1. The van der Waals surface area contributed by atoms with Crippen molar-refractivity contribution < 1.29 is 5.11 Å². The molecule has 0 fully saturated rings. The second-order valence-corrected chi connectivity index (χ2v) is 6.62. The predicted octanol–water partition coefficient (Wildman–Crippen LogP) is 6.43. The van der Waals surface area contributed by atoms with E-state index in [1.807, 2.05) is 42.5 Å². The fourth-order valence-corrected chi connectivity index (χ4v) is 3.68. The van der Waals surface area contributed by atoms with Gasteiger partial charge in [-0.3, -0.25) is 0 Å². The lowest BCUT2D eigenvalue weighted by Gasteiger charge is -2.13. The van der Waals surface area contributed by atoms with Crippen LogP contribution in [0.4, 0.5) is 0 Å². The van der Waals surface area contributed by atoms with Gasteiger partial charge < -0.3 is 5.11 Å². The number of nitrogens with zero attached hydrogens (tertiary/aromatic N) is 1. The molecule has 1 aromatic heterocycles. The van der Waals surface area contributed by atoms with Crippen LogP contribution in [0.3, 0.4) is 0 Å². The molecule has 4 aromatic carbocycles. The Morgan fingerprint density at radius 3 is 2.19 bits per heavy atom. The van der Waals surface area contributed by atoms with Crippen molar-refractivity contribution in [2.24, 2.45) is 0 Å². The third kappa shape index (κ3) is 2.63. The van der Waals surface area contributed by atoms with Gasteiger partial charge in [-0.05, 0) is 34.0 Å². The Kier molecular flexibility index (Phi) is 3.61. The Bertz CT molecular complexity index is 1270. The Labute approximate surface area is 157 Å². The van der Waals surface area contributed by atoms with E-state index in [-0.39, 0.29) is 5.75 Å². The molecule has 5 aromatic rings. The van der Waals surface area contributed by atoms with Crippen LogP contribution in [0.25, 0.3) is 44.1 Å². The van der Waals surface area contributed by atoms with Crippen LogP contribution in [-0.4, -0.2) is 10.1 Å². The molecule has 0 atom stereocenters. The van der Waals surface area contributed by atoms with Crippen molar-refractivity contribution in [3.63, 3.8) is 0 Å². The third-order valence-corrected chi connectivity index (χ3v) is 4.97. The normalized spacial score (nSPS) is 11.1. The summed E-state index contributed by atoms with van der Waals surface area (Å²) in [5.74, 6) is 0.201. The zero-order valence-corrected chi connectivity index (χ0v) is 14.6. The predicted molar refractivity (Wildman–Crippen MR) is 112 cm³/mol. The van der Waals surface area contributed by atoms with E-state index >= 15 is 0 Å². The Morgan fingerprint density at radius 2 is 1.30 bits per heavy atom. The van der Waals surface area contributed by atoms with E-state index in [1.54, 1.807) is 6.07 Å². The standard InChI is InChI=1S/C25H17NO/c27-24-15-7-14-21-22(18-8-2-1-3-9-18)16-23(26-25(21)24)20-13-6-11-17-10-4-5-12-19(17)20/h1-16,27H. The van der Waals surface area contributed by atoms with Gasteiger partial charge in [-0.15, -0.1) is 0 Å². The molecule has 2 heteroatoms. The van der Waals surface area contributed by atoms with Crippen molar-refractivity contribution in [3.05, 3.63) is 97.1 Å². The lowest BCUT2D eigenvalue weighted by atomic mass is 9.96. The van der Waals surface area contributed by atoms with Crippen LogP contribution in [0, 0.1) is 0 Å². The number of hydrogen-bond donors (Lipinski definition) is 1. The lowest BCUT2D eigenvalue weighted by Crippen LogP contribution is -1.91. The molecule has 0 aliphatic heterocycles. The van der Waals surface area contributed by atoms with E-state index in [0.717, 1.165) is 33.2 Å². The number of fused-ring (bicyclic) bond motifs is 2. The van der Waals surface area contributed by atoms with Gasteiger partial charge in [-0.1, -0.05) is 84.9 Å². The minimum Gasteiger partial charge on any atom is -0.506 e. The first-order valence-electron chi connectivity index (χ1n) is 8.97. The highest BCUT2D eigenvalue weighted by Crippen LogP contribution is 2.37. The van der Waals surface area contributed by atoms with Crippen molar-refractivity contribution in [2.45, 2.75) is 0 Å². The first kappa shape index (κ1) is 15.6. The highest BCUT2D eigenvalue weighted by Gasteiger charge is 2.13. The van der Waals surface area contributed by atoms with E-state index in [2.05, 4.69) is 48.5 Å². The number of aromatic nitrogens is 1. The lowest BCUT2D eigenvalue weighted by molar-refractivity contribution is 0.480. The summed E-state index contributed by atoms with van der Waals surface area (Å²) in [6.07, 6.45) is 0. The molecular formula is C25H17NO. The van der Waals surface area contributed by atoms with E-state index in [1.165, 1.54) is 5.39 Å². The summed E-state index contributed by atoms with van der Waals surface area (Å²) in [4.78, 5) is 4.83. The smallest absolute Gasteiger partial charge is 0.141 e. The van der Waals surface area contributed by atoms with Crippen LogP contribution in [0.15, 0.2) is 97.1 Å². The molecule has 0 spiro atoms. The first-order chi connectivity index (χ1) is 13.3. The molecule has 5 rings (SSSR count). The number of hydrogen-bond acceptors (Lipinski definition) is 2. The summed E-state index contributed by atoms with van der Waals surface area (Å²) in [6, 6.07) is 32.5. The average Bonchev–Trinajstić information content (AvgIpc) is 2.74. The monoisotopic (exact) mass is 347 g/mol. The van der Waals surface area contributed by atoms with Crippen molar-refractivity contribution in [1.82, 2.24) is 4.98 Å². The molecular weight excluding hydrogens is 330 g/mol. The average molecular weight is 347 g/mol. The molecule has 0 unspecified atom stereocenters. The largest absolute Gasteiger partial charge is 0.506 e. The second kappa shape index (κ2) is 6.26. The van der Waals surface area contributed by atoms with Crippen molar-refractivity contribution in [3.8, 4) is 28.1 Å². The molecule has 0 saturated heterocycles. The zero-order valence-electron chi connectivity index (χ0n) is 14.6. The molecule has 0 radical (unpaired) electrons. The van der Waals surface area contributed by atoms with Gasteiger partial charge in [0.05, 0.1) is 5.69 Å². The number of benzene rings is 4. The quantitative estimate of drug-likeness (QED) is 0.399. The van der Waals surface area contributed by atoms with Gasteiger partial charge in [-0.25, -0.2) is 4.98 Å². The molecule has 0 bridgehead atoms. The Hall–Kier alpha value is -3.65. The molecule has 0 saturated carbocycles. The number of phenolic OH excluding ortho intramolecular Hbond substituents is 1. The van der Waals surface area contributed by atoms with Gasteiger partial charge in [0, 0.05) is 10.9 Å². The molecule has 1 heterocycles. The van der Waals surface area contributed by atoms with Crippen LogP contribution in [0.1, 0.15) is 0 Å².